The summed E-state index contributed by atoms with van der Waals surface area (Å²) in [6.45, 7) is 5.26. The van der Waals surface area contributed by atoms with Crippen LogP contribution in [0.1, 0.15) is 36.7 Å². The van der Waals surface area contributed by atoms with E-state index < -0.39 is 17.6 Å². The highest BCUT2D eigenvalue weighted by Gasteiger charge is 2.16. The molecule has 0 radical (unpaired) electrons. The molecule has 2 aromatic rings. The smallest absolute Gasteiger partial charge is 0.408 e. The molecule has 2 rings (SSSR count). The van der Waals surface area contributed by atoms with Crippen molar-refractivity contribution in [3.63, 3.8) is 0 Å². The van der Waals surface area contributed by atoms with Gasteiger partial charge in [0.1, 0.15) is 17.9 Å². The van der Waals surface area contributed by atoms with Gasteiger partial charge in [-0.2, -0.15) is 0 Å². The van der Waals surface area contributed by atoms with E-state index in [-0.39, 0.29) is 30.3 Å². The van der Waals surface area contributed by atoms with Gasteiger partial charge in [0.15, 0.2) is 0 Å². The van der Waals surface area contributed by atoms with Crippen molar-refractivity contribution < 1.29 is 24.2 Å². The maximum absolute atomic E-state index is 12.1. The fraction of sp³-hybridized carbons (Fsp3) is 0.286. The first-order valence-corrected chi connectivity index (χ1v) is 9.06. The first-order chi connectivity index (χ1) is 13.6. The number of para-hydroxylation sites is 1. The van der Waals surface area contributed by atoms with Crippen LogP contribution in [0.15, 0.2) is 48.5 Å². The topological polar surface area (TPSA) is 117 Å². The molecule has 3 amide bonds. The van der Waals surface area contributed by atoms with E-state index in [0.717, 1.165) is 5.56 Å². The Morgan fingerprint density at radius 2 is 1.62 bits per heavy atom. The Hall–Kier alpha value is -3.55. The van der Waals surface area contributed by atoms with Gasteiger partial charge < -0.3 is 25.8 Å². The van der Waals surface area contributed by atoms with Crippen molar-refractivity contribution in [2.75, 3.05) is 11.9 Å². The number of hydrogen-bond donors (Lipinski definition) is 4. The van der Waals surface area contributed by atoms with Crippen LogP contribution in [0.5, 0.6) is 5.75 Å². The van der Waals surface area contributed by atoms with Gasteiger partial charge in [-0.3, -0.25) is 9.59 Å². The Balaban J connectivity index is 1.79. The second-order valence-electron chi connectivity index (χ2n) is 7.30. The van der Waals surface area contributed by atoms with Gasteiger partial charge in [-0.05, 0) is 50.6 Å². The average molecular weight is 399 g/mol. The molecule has 0 unspecified atom stereocenters. The number of amides is 3. The average Bonchev–Trinajstić information content (AvgIpc) is 2.64. The monoisotopic (exact) mass is 399 g/mol. The summed E-state index contributed by atoms with van der Waals surface area (Å²) in [4.78, 5) is 35.5. The van der Waals surface area contributed by atoms with Gasteiger partial charge in [-0.15, -0.1) is 0 Å². The predicted octanol–water partition coefficient (Wildman–Crippen LogP) is 2.79. The molecular formula is C21H25N3O5. The van der Waals surface area contributed by atoms with Gasteiger partial charge in [0.2, 0.25) is 5.91 Å². The molecule has 0 atom stereocenters. The van der Waals surface area contributed by atoms with E-state index in [1.807, 2.05) is 0 Å². The predicted molar refractivity (Wildman–Crippen MR) is 109 cm³/mol. The van der Waals surface area contributed by atoms with Gasteiger partial charge in [0, 0.05) is 12.2 Å². The van der Waals surface area contributed by atoms with Crippen molar-refractivity contribution in [3.8, 4) is 5.75 Å². The third-order valence-electron chi connectivity index (χ3n) is 3.63. The van der Waals surface area contributed by atoms with Crippen LogP contribution < -0.4 is 16.0 Å². The van der Waals surface area contributed by atoms with Gasteiger partial charge in [0.05, 0.1) is 5.56 Å². The molecule has 0 aliphatic rings. The number of phenols is 1. The number of aromatic hydroxyl groups is 1. The van der Waals surface area contributed by atoms with Crippen LogP contribution >= 0.6 is 0 Å². The van der Waals surface area contributed by atoms with E-state index in [4.69, 9.17) is 4.74 Å². The summed E-state index contributed by atoms with van der Waals surface area (Å²) in [6, 6.07) is 13.2. The minimum Gasteiger partial charge on any atom is -0.507 e. The number of nitrogens with one attached hydrogen (secondary N) is 3. The van der Waals surface area contributed by atoms with E-state index >= 15 is 0 Å². The van der Waals surface area contributed by atoms with Crippen LogP contribution in [0.4, 0.5) is 10.5 Å². The van der Waals surface area contributed by atoms with E-state index in [0.29, 0.717) is 5.69 Å². The lowest BCUT2D eigenvalue weighted by molar-refractivity contribution is -0.115. The second-order valence-corrected chi connectivity index (χ2v) is 7.30. The van der Waals surface area contributed by atoms with Crippen LogP contribution in [-0.4, -0.2) is 35.2 Å². The Bertz CT molecular complexity index is 873. The fourth-order valence-corrected chi connectivity index (χ4v) is 2.32. The molecule has 0 aliphatic heterocycles. The first kappa shape index (κ1) is 21.7. The number of alkyl carbamates (subject to hydrolysis) is 1. The van der Waals surface area contributed by atoms with Gasteiger partial charge in [0.25, 0.3) is 5.91 Å². The number of hydrogen-bond acceptors (Lipinski definition) is 5. The molecule has 154 valence electrons. The zero-order valence-electron chi connectivity index (χ0n) is 16.6. The van der Waals surface area contributed by atoms with E-state index in [1.165, 1.54) is 12.1 Å². The molecule has 29 heavy (non-hydrogen) atoms. The maximum atomic E-state index is 12.1. The van der Waals surface area contributed by atoms with Crippen molar-refractivity contribution >= 4 is 23.6 Å². The zero-order chi connectivity index (χ0) is 21.4. The maximum Gasteiger partial charge on any atom is 0.408 e. The summed E-state index contributed by atoms with van der Waals surface area (Å²) in [5.41, 5.74) is 0.940. The summed E-state index contributed by atoms with van der Waals surface area (Å²) < 4.78 is 5.06. The summed E-state index contributed by atoms with van der Waals surface area (Å²) in [5.74, 6) is -0.854. The van der Waals surface area contributed by atoms with Crippen LogP contribution in [-0.2, 0) is 16.1 Å². The minimum absolute atomic E-state index is 0.0805. The molecule has 0 aromatic heterocycles. The molecule has 0 heterocycles. The molecule has 0 bridgehead atoms. The number of rotatable bonds is 6. The lowest BCUT2D eigenvalue weighted by Crippen LogP contribution is -2.37. The van der Waals surface area contributed by atoms with Crippen molar-refractivity contribution in [3.05, 3.63) is 59.7 Å². The molecule has 0 spiro atoms. The highest BCUT2D eigenvalue weighted by atomic mass is 16.6. The highest BCUT2D eigenvalue weighted by molar-refractivity contribution is 5.96. The lowest BCUT2D eigenvalue weighted by Gasteiger charge is -2.19. The van der Waals surface area contributed by atoms with Crippen LogP contribution in [0, 0.1) is 0 Å². The number of ether oxygens (including phenoxy) is 1. The lowest BCUT2D eigenvalue weighted by atomic mass is 10.1. The fourth-order valence-electron chi connectivity index (χ4n) is 2.32. The van der Waals surface area contributed by atoms with Crippen molar-refractivity contribution in [1.82, 2.24) is 10.6 Å². The van der Waals surface area contributed by atoms with Gasteiger partial charge >= 0.3 is 6.09 Å². The molecule has 0 saturated carbocycles. The molecule has 8 heteroatoms. The Morgan fingerprint density at radius 3 is 2.24 bits per heavy atom. The largest absolute Gasteiger partial charge is 0.507 e. The third-order valence-corrected chi connectivity index (χ3v) is 3.63. The summed E-state index contributed by atoms with van der Waals surface area (Å²) >= 11 is 0. The minimum atomic E-state index is -0.664. The van der Waals surface area contributed by atoms with E-state index in [1.54, 1.807) is 57.2 Å². The Kier molecular flexibility index (Phi) is 7.19. The number of carbonyl (C=O) groups excluding carboxylic acids is 3. The Morgan fingerprint density at radius 1 is 0.966 bits per heavy atom. The SMILES string of the molecule is CC(C)(C)OC(=O)NCC(=O)Nc1ccc(CNC(=O)c2ccccc2O)cc1. The zero-order valence-corrected chi connectivity index (χ0v) is 16.6. The number of carbonyl (C=O) groups is 3. The first-order valence-electron chi connectivity index (χ1n) is 9.06. The van der Waals surface area contributed by atoms with Crippen molar-refractivity contribution in [2.24, 2.45) is 0 Å². The second kappa shape index (κ2) is 9.59. The van der Waals surface area contributed by atoms with Crippen LogP contribution in [0.2, 0.25) is 0 Å². The molecule has 4 N–H and O–H groups in total. The van der Waals surface area contributed by atoms with Crippen molar-refractivity contribution in [2.45, 2.75) is 32.9 Å². The standard InChI is InChI=1S/C21H25N3O5/c1-21(2,3)29-20(28)23-13-18(26)24-15-10-8-14(9-11-15)12-22-19(27)16-6-4-5-7-17(16)25/h4-11,25H,12-13H2,1-3H3,(H,22,27)(H,23,28)(H,24,26). The molecule has 8 nitrogen and oxygen atoms in total. The van der Waals surface area contributed by atoms with E-state index in [9.17, 15) is 19.5 Å². The third kappa shape index (κ3) is 7.53. The molecule has 0 fully saturated rings. The Labute approximate surface area is 169 Å². The van der Waals surface area contributed by atoms with Crippen LogP contribution in [0.3, 0.4) is 0 Å². The molecule has 0 saturated heterocycles. The highest BCUT2D eigenvalue weighted by Crippen LogP contribution is 2.15. The quantitative estimate of drug-likeness (QED) is 0.596. The summed E-state index contributed by atoms with van der Waals surface area (Å²) in [6.07, 6.45) is -0.664. The molecular weight excluding hydrogens is 374 g/mol. The van der Waals surface area contributed by atoms with Crippen LogP contribution in [0.25, 0.3) is 0 Å². The van der Waals surface area contributed by atoms with Gasteiger partial charge in [-0.1, -0.05) is 24.3 Å². The molecule has 2 aromatic carbocycles. The number of anilines is 1. The van der Waals surface area contributed by atoms with Crippen molar-refractivity contribution in [1.29, 1.82) is 0 Å². The van der Waals surface area contributed by atoms with Gasteiger partial charge in [-0.25, -0.2) is 4.79 Å². The number of phenolic OH excluding ortho intramolecular Hbond substituents is 1. The van der Waals surface area contributed by atoms with E-state index in [2.05, 4.69) is 16.0 Å². The number of benzene rings is 2. The summed E-state index contributed by atoms with van der Waals surface area (Å²) in [7, 11) is 0. The molecule has 0 aliphatic carbocycles. The summed E-state index contributed by atoms with van der Waals surface area (Å²) in [5, 5.41) is 17.5. The normalized spacial score (nSPS) is 10.7.